The third-order valence-corrected chi connectivity index (χ3v) is 7.19. The largest absolute Gasteiger partial charge is 0.355 e. The van der Waals surface area contributed by atoms with Gasteiger partial charge in [0.25, 0.3) is 0 Å². The minimum atomic E-state index is -0.991. The highest BCUT2D eigenvalue weighted by molar-refractivity contribution is 7.15. The summed E-state index contributed by atoms with van der Waals surface area (Å²) < 4.78 is 26.5. The van der Waals surface area contributed by atoms with Crippen LogP contribution in [0.5, 0.6) is 0 Å². The molecule has 1 aromatic carbocycles. The van der Waals surface area contributed by atoms with E-state index in [-0.39, 0.29) is 30.6 Å². The van der Waals surface area contributed by atoms with Gasteiger partial charge in [0, 0.05) is 30.9 Å². The van der Waals surface area contributed by atoms with Crippen LogP contribution in [0, 0.1) is 11.6 Å². The van der Waals surface area contributed by atoms with Crippen LogP contribution >= 0.6 is 11.3 Å². The monoisotopic (exact) mass is 550 g/mol. The second kappa shape index (κ2) is 12.0. The van der Waals surface area contributed by atoms with Gasteiger partial charge in [-0.15, -0.1) is 20.4 Å². The highest BCUT2D eigenvalue weighted by Crippen LogP contribution is 2.33. The lowest BCUT2D eigenvalue weighted by molar-refractivity contribution is -0.116. The average Bonchev–Trinajstić information content (AvgIpc) is 3.40. The molecule has 39 heavy (non-hydrogen) atoms. The van der Waals surface area contributed by atoms with Crippen LogP contribution in [0.1, 0.15) is 35.0 Å². The lowest BCUT2D eigenvalue weighted by Gasteiger charge is -2.31. The molecule has 0 spiro atoms. The molecule has 0 unspecified atom stereocenters. The molecular weight excluding hydrogens is 526 g/mol. The lowest BCUT2D eigenvalue weighted by atomic mass is 9.98. The number of aromatic nitrogens is 5. The summed E-state index contributed by atoms with van der Waals surface area (Å²) in [6, 6.07) is 12.3. The van der Waals surface area contributed by atoms with Gasteiger partial charge >= 0.3 is 0 Å². The van der Waals surface area contributed by atoms with E-state index in [1.807, 2.05) is 12.1 Å². The quantitative estimate of drug-likeness (QED) is 0.340. The van der Waals surface area contributed by atoms with Crippen molar-refractivity contribution in [3.05, 3.63) is 82.6 Å². The zero-order valence-electron chi connectivity index (χ0n) is 20.7. The van der Waals surface area contributed by atoms with Crippen LogP contribution in [-0.2, 0) is 22.4 Å². The normalized spacial score (nSPS) is 13.7. The van der Waals surface area contributed by atoms with Gasteiger partial charge in [-0.2, -0.15) is 0 Å². The number of carbonyl (C=O) groups excluding carboxylic acids is 2. The Morgan fingerprint density at radius 2 is 1.72 bits per heavy atom. The summed E-state index contributed by atoms with van der Waals surface area (Å²) in [6.07, 6.45) is 3.34. The number of hydrogen-bond acceptors (Lipinski definition) is 9. The van der Waals surface area contributed by atoms with Crippen LogP contribution < -0.4 is 15.5 Å². The Morgan fingerprint density at radius 3 is 2.44 bits per heavy atom. The summed E-state index contributed by atoms with van der Waals surface area (Å²) in [5, 5.41) is 23.3. The Labute approximate surface area is 226 Å². The molecule has 4 heterocycles. The fourth-order valence-electron chi connectivity index (χ4n) is 4.22. The number of amides is 2. The number of benzene rings is 1. The van der Waals surface area contributed by atoms with E-state index in [1.165, 1.54) is 17.4 Å². The first-order chi connectivity index (χ1) is 18.9. The second-order valence-electron chi connectivity index (χ2n) is 9.00. The maximum Gasteiger partial charge on any atom is 0.231 e. The maximum absolute atomic E-state index is 13.4. The van der Waals surface area contributed by atoms with Crippen LogP contribution in [0.3, 0.4) is 0 Å². The van der Waals surface area contributed by atoms with E-state index < -0.39 is 11.6 Å². The predicted octanol–water partition coefficient (Wildman–Crippen LogP) is 3.75. The third kappa shape index (κ3) is 6.93. The van der Waals surface area contributed by atoms with E-state index in [2.05, 4.69) is 40.9 Å². The topological polar surface area (TPSA) is 126 Å². The van der Waals surface area contributed by atoms with Crippen molar-refractivity contribution in [1.82, 2.24) is 25.4 Å². The molecular formula is C26H24F2N8O2S. The maximum atomic E-state index is 13.4. The number of nitrogens with zero attached hydrogens (tertiary/aromatic N) is 6. The second-order valence-corrected chi connectivity index (χ2v) is 10.0. The number of carbonyl (C=O) groups is 2. The van der Waals surface area contributed by atoms with Crippen LogP contribution in [0.4, 0.5) is 25.5 Å². The van der Waals surface area contributed by atoms with Crippen LogP contribution in [0.25, 0.3) is 0 Å². The molecule has 0 atom stereocenters. The van der Waals surface area contributed by atoms with Crippen molar-refractivity contribution in [2.45, 2.75) is 31.6 Å². The molecule has 2 amide bonds. The molecule has 0 radical (unpaired) electrons. The van der Waals surface area contributed by atoms with Gasteiger partial charge in [-0.05, 0) is 54.8 Å². The van der Waals surface area contributed by atoms with Crippen molar-refractivity contribution < 1.29 is 18.4 Å². The highest BCUT2D eigenvalue weighted by atomic mass is 32.1. The molecule has 3 aromatic heterocycles. The fourth-order valence-corrected chi connectivity index (χ4v) is 5.15. The van der Waals surface area contributed by atoms with Gasteiger partial charge in [-0.3, -0.25) is 14.6 Å². The van der Waals surface area contributed by atoms with E-state index in [4.69, 9.17) is 0 Å². The molecule has 10 nitrogen and oxygen atoms in total. The summed E-state index contributed by atoms with van der Waals surface area (Å²) in [5.41, 5.74) is 1.04. The number of halogens is 2. The number of rotatable bonds is 8. The van der Waals surface area contributed by atoms with Gasteiger partial charge < -0.3 is 15.5 Å². The van der Waals surface area contributed by atoms with Crippen LogP contribution in [-0.4, -0.2) is 50.3 Å². The van der Waals surface area contributed by atoms with E-state index in [0.717, 1.165) is 48.9 Å². The van der Waals surface area contributed by atoms with Crippen LogP contribution in [0.2, 0.25) is 0 Å². The number of nitrogens with one attached hydrogen (secondary N) is 2. The van der Waals surface area contributed by atoms with E-state index in [0.29, 0.717) is 22.2 Å². The van der Waals surface area contributed by atoms with Crippen molar-refractivity contribution in [3.63, 3.8) is 0 Å². The molecule has 0 saturated carbocycles. The Kier molecular flexibility index (Phi) is 8.06. The predicted molar refractivity (Wildman–Crippen MR) is 141 cm³/mol. The highest BCUT2D eigenvalue weighted by Gasteiger charge is 2.25. The first kappa shape index (κ1) is 26.2. The third-order valence-electron chi connectivity index (χ3n) is 6.19. The molecule has 0 aliphatic carbocycles. The SMILES string of the molecule is O=C(Cc1ccccn1)Nc1ccc(N2CCC(c3nnc(NC(=O)Cc4ccc(F)c(F)c4)s3)CC2)nn1. The van der Waals surface area contributed by atoms with Gasteiger partial charge in [-0.25, -0.2) is 8.78 Å². The molecule has 4 aromatic rings. The van der Waals surface area contributed by atoms with Crippen molar-refractivity contribution in [2.75, 3.05) is 28.6 Å². The average molecular weight is 551 g/mol. The molecule has 1 aliphatic rings. The minimum absolute atomic E-state index is 0.0990. The molecule has 5 rings (SSSR count). The van der Waals surface area contributed by atoms with Crippen molar-refractivity contribution in [1.29, 1.82) is 0 Å². The van der Waals surface area contributed by atoms with E-state index >= 15 is 0 Å². The lowest BCUT2D eigenvalue weighted by Crippen LogP contribution is -2.33. The number of anilines is 3. The van der Waals surface area contributed by atoms with Gasteiger partial charge in [0.1, 0.15) is 5.01 Å². The summed E-state index contributed by atoms with van der Waals surface area (Å²) in [5.74, 6) is -1.25. The summed E-state index contributed by atoms with van der Waals surface area (Å²) in [7, 11) is 0. The standard InChI is InChI=1S/C26H24F2N8O2S/c27-19-5-4-16(13-20(19)28)14-23(37)31-26-35-34-25(39-26)17-8-11-36(12-9-17)22-7-6-21(32-33-22)30-24(38)15-18-3-1-2-10-29-18/h1-7,10,13,17H,8-9,11-12,14-15H2,(H,30,32,38)(H,31,35,37). The first-order valence-electron chi connectivity index (χ1n) is 12.3. The molecule has 200 valence electrons. The Balaban J connectivity index is 1.09. The molecule has 13 heteroatoms. The van der Waals surface area contributed by atoms with Crippen molar-refractivity contribution in [3.8, 4) is 0 Å². The van der Waals surface area contributed by atoms with Crippen LogP contribution in [0.15, 0.2) is 54.7 Å². The fraction of sp³-hybridized carbons (Fsp3) is 0.269. The van der Waals surface area contributed by atoms with E-state index in [1.54, 1.807) is 24.4 Å². The number of hydrogen-bond donors (Lipinski definition) is 2. The van der Waals surface area contributed by atoms with Crippen molar-refractivity contribution in [2.24, 2.45) is 0 Å². The van der Waals surface area contributed by atoms with E-state index in [9.17, 15) is 18.4 Å². The summed E-state index contributed by atoms with van der Waals surface area (Å²) in [4.78, 5) is 30.8. The molecule has 1 saturated heterocycles. The van der Waals surface area contributed by atoms with Gasteiger partial charge in [-0.1, -0.05) is 23.5 Å². The Bertz CT molecular complexity index is 1440. The molecule has 0 bridgehead atoms. The minimum Gasteiger partial charge on any atom is -0.355 e. The van der Waals surface area contributed by atoms with Gasteiger partial charge in [0.05, 0.1) is 12.8 Å². The smallest absolute Gasteiger partial charge is 0.231 e. The van der Waals surface area contributed by atoms with Gasteiger partial charge in [0.15, 0.2) is 23.3 Å². The van der Waals surface area contributed by atoms with Gasteiger partial charge in [0.2, 0.25) is 16.9 Å². The number of pyridine rings is 1. The zero-order valence-corrected chi connectivity index (χ0v) is 21.5. The van der Waals surface area contributed by atoms with Crippen molar-refractivity contribution >= 4 is 39.9 Å². The Morgan fingerprint density at radius 1 is 0.897 bits per heavy atom. The molecule has 2 N–H and O–H groups in total. The summed E-state index contributed by atoms with van der Waals surface area (Å²) >= 11 is 1.31. The molecule has 1 fully saturated rings. The number of piperidine rings is 1. The zero-order chi connectivity index (χ0) is 27.2. The Hall–Kier alpha value is -4.39. The first-order valence-corrected chi connectivity index (χ1v) is 13.1. The molecule has 1 aliphatic heterocycles. The summed E-state index contributed by atoms with van der Waals surface area (Å²) in [6.45, 7) is 1.48.